The van der Waals surface area contributed by atoms with Crippen LogP contribution in [0.4, 0.5) is 5.69 Å². The SMILES string of the molecule is CN(C)N=Nc1ccccc1C=O. The van der Waals surface area contributed by atoms with E-state index in [0.717, 1.165) is 6.29 Å². The third-order valence-corrected chi connectivity index (χ3v) is 1.40. The minimum absolute atomic E-state index is 0.549. The molecular weight excluding hydrogens is 166 g/mol. The van der Waals surface area contributed by atoms with Crippen molar-refractivity contribution in [3.63, 3.8) is 0 Å². The maximum absolute atomic E-state index is 10.6. The molecule has 1 aromatic carbocycles. The summed E-state index contributed by atoms with van der Waals surface area (Å²) in [5, 5.41) is 9.27. The molecule has 4 heteroatoms. The molecule has 0 spiro atoms. The van der Waals surface area contributed by atoms with Crippen LogP contribution in [-0.2, 0) is 0 Å². The van der Waals surface area contributed by atoms with Crippen LogP contribution < -0.4 is 0 Å². The molecule has 1 aromatic rings. The molecule has 0 atom stereocenters. The van der Waals surface area contributed by atoms with Gasteiger partial charge in [0.25, 0.3) is 0 Å². The van der Waals surface area contributed by atoms with Crippen molar-refractivity contribution in [3.05, 3.63) is 29.8 Å². The number of benzene rings is 1. The lowest BCUT2D eigenvalue weighted by atomic mass is 10.2. The van der Waals surface area contributed by atoms with Crippen LogP contribution in [0.25, 0.3) is 0 Å². The van der Waals surface area contributed by atoms with Crippen molar-refractivity contribution in [1.82, 2.24) is 5.01 Å². The molecule has 0 aliphatic carbocycles. The lowest BCUT2D eigenvalue weighted by Crippen LogP contribution is -1.99. The fourth-order valence-electron chi connectivity index (χ4n) is 0.816. The number of nitrogens with zero attached hydrogens (tertiary/aromatic N) is 3. The quantitative estimate of drug-likeness (QED) is 0.403. The van der Waals surface area contributed by atoms with Gasteiger partial charge in [0.05, 0.1) is 5.69 Å². The summed E-state index contributed by atoms with van der Waals surface area (Å²) in [4.78, 5) is 10.6. The molecule has 0 radical (unpaired) electrons. The van der Waals surface area contributed by atoms with Crippen LogP contribution in [0.15, 0.2) is 34.6 Å². The van der Waals surface area contributed by atoms with Crippen LogP contribution in [-0.4, -0.2) is 25.4 Å². The number of carbonyl (C=O) groups excluding carboxylic acids is 1. The van der Waals surface area contributed by atoms with Crippen LogP contribution in [0.3, 0.4) is 0 Å². The van der Waals surface area contributed by atoms with Gasteiger partial charge in [-0.1, -0.05) is 17.4 Å². The monoisotopic (exact) mass is 177 g/mol. The van der Waals surface area contributed by atoms with Gasteiger partial charge in [0.2, 0.25) is 0 Å². The topological polar surface area (TPSA) is 45.0 Å². The summed E-state index contributed by atoms with van der Waals surface area (Å²) in [6.45, 7) is 0. The van der Waals surface area contributed by atoms with Crippen molar-refractivity contribution >= 4 is 12.0 Å². The second kappa shape index (κ2) is 4.35. The first-order valence-electron chi connectivity index (χ1n) is 3.87. The van der Waals surface area contributed by atoms with Crippen LogP contribution in [0.2, 0.25) is 0 Å². The smallest absolute Gasteiger partial charge is 0.152 e. The minimum atomic E-state index is 0.549. The van der Waals surface area contributed by atoms with Crippen LogP contribution in [0.5, 0.6) is 0 Å². The van der Waals surface area contributed by atoms with Crippen molar-refractivity contribution in [3.8, 4) is 0 Å². The van der Waals surface area contributed by atoms with Crippen LogP contribution in [0, 0.1) is 0 Å². The maximum Gasteiger partial charge on any atom is 0.152 e. The first kappa shape index (κ1) is 9.38. The predicted molar refractivity (Wildman–Crippen MR) is 50.0 cm³/mol. The van der Waals surface area contributed by atoms with Crippen molar-refractivity contribution < 1.29 is 4.79 Å². The van der Waals surface area contributed by atoms with E-state index in [2.05, 4.69) is 10.3 Å². The molecule has 13 heavy (non-hydrogen) atoms. The summed E-state index contributed by atoms with van der Waals surface area (Å²) >= 11 is 0. The van der Waals surface area contributed by atoms with Gasteiger partial charge < -0.3 is 0 Å². The molecule has 1 rings (SSSR count). The second-order valence-corrected chi connectivity index (χ2v) is 2.71. The molecule has 0 amide bonds. The Morgan fingerprint density at radius 3 is 2.62 bits per heavy atom. The molecule has 4 nitrogen and oxygen atoms in total. The van der Waals surface area contributed by atoms with Gasteiger partial charge in [-0.05, 0) is 12.1 Å². The van der Waals surface area contributed by atoms with E-state index in [9.17, 15) is 4.79 Å². The Morgan fingerprint density at radius 1 is 1.31 bits per heavy atom. The third-order valence-electron chi connectivity index (χ3n) is 1.40. The van der Waals surface area contributed by atoms with Gasteiger partial charge in [-0.25, -0.2) is 0 Å². The Kier molecular flexibility index (Phi) is 3.14. The van der Waals surface area contributed by atoms with Crippen LogP contribution >= 0.6 is 0 Å². The van der Waals surface area contributed by atoms with E-state index in [0.29, 0.717) is 11.3 Å². The zero-order valence-corrected chi connectivity index (χ0v) is 7.64. The van der Waals surface area contributed by atoms with Crippen molar-refractivity contribution in [2.45, 2.75) is 0 Å². The first-order valence-corrected chi connectivity index (χ1v) is 3.87. The molecule has 0 fully saturated rings. The second-order valence-electron chi connectivity index (χ2n) is 2.71. The molecule has 0 saturated heterocycles. The van der Waals surface area contributed by atoms with Crippen molar-refractivity contribution in [2.75, 3.05) is 14.1 Å². The van der Waals surface area contributed by atoms with E-state index in [1.807, 2.05) is 6.07 Å². The number of hydrogen-bond donors (Lipinski definition) is 0. The summed E-state index contributed by atoms with van der Waals surface area (Å²) in [7, 11) is 3.54. The molecule has 0 aromatic heterocycles. The summed E-state index contributed by atoms with van der Waals surface area (Å²) in [5.74, 6) is 0. The molecular formula is C9H11N3O. The highest BCUT2D eigenvalue weighted by molar-refractivity contribution is 5.82. The summed E-state index contributed by atoms with van der Waals surface area (Å²) in [5.41, 5.74) is 1.14. The molecule has 0 bridgehead atoms. The van der Waals surface area contributed by atoms with E-state index < -0.39 is 0 Å². The Labute approximate surface area is 76.9 Å². The molecule has 68 valence electrons. The first-order chi connectivity index (χ1) is 6.24. The average Bonchev–Trinajstić information content (AvgIpc) is 2.15. The van der Waals surface area contributed by atoms with E-state index >= 15 is 0 Å². The number of hydrogen-bond acceptors (Lipinski definition) is 3. The summed E-state index contributed by atoms with van der Waals surface area (Å²) in [6, 6.07) is 7.06. The number of aldehydes is 1. The Bertz CT molecular complexity index is 320. The zero-order chi connectivity index (χ0) is 9.68. The molecule has 0 aliphatic rings. The predicted octanol–water partition coefficient (Wildman–Crippen LogP) is 2.06. The normalized spacial score (nSPS) is 10.3. The van der Waals surface area contributed by atoms with Gasteiger partial charge in [-0.15, -0.1) is 5.11 Å². The zero-order valence-electron chi connectivity index (χ0n) is 7.64. The van der Waals surface area contributed by atoms with E-state index in [-0.39, 0.29) is 0 Å². The fourth-order valence-corrected chi connectivity index (χ4v) is 0.816. The standard InChI is InChI=1S/C9H11N3O/c1-12(2)11-10-9-6-4-3-5-8(9)7-13/h3-7H,1-2H3. The lowest BCUT2D eigenvalue weighted by Gasteiger charge is -2.01. The van der Waals surface area contributed by atoms with Gasteiger partial charge in [0.1, 0.15) is 0 Å². The molecule has 0 saturated carbocycles. The van der Waals surface area contributed by atoms with Crippen molar-refractivity contribution in [1.29, 1.82) is 0 Å². The highest BCUT2D eigenvalue weighted by Crippen LogP contribution is 2.16. The largest absolute Gasteiger partial charge is 0.298 e. The van der Waals surface area contributed by atoms with Gasteiger partial charge in [-0.2, -0.15) is 0 Å². The van der Waals surface area contributed by atoms with E-state index in [1.54, 1.807) is 37.3 Å². The molecule has 0 unspecified atom stereocenters. The fraction of sp³-hybridized carbons (Fsp3) is 0.222. The Hall–Kier alpha value is -1.71. The maximum atomic E-state index is 10.6. The van der Waals surface area contributed by atoms with Crippen molar-refractivity contribution in [2.24, 2.45) is 10.3 Å². The third kappa shape index (κ3) is 2.66. The molecule has 0 heterocycles. The summed E-state index contributed by atoms with van der Waals surface area (Å²) in [6.07, 6.45) is 0.768. The highest BCUT2D eigenvalue weighted by Gasteiger charge is 1.97. The minimum Gasteiger partial charge on any atom is -0.298 e. The average molecular weight is 177 g/mol. The van der Waals surface area contributed by atoms with Gasteiger partial charge in [0, 0.05) is 19.7 Å². The molecule has 0 N–H and O–H groups in total. The van der Waals surface area contributed by atoms with E-state index in [4.69, 9.17) is 0 Å². The van der Waals surface area contributed by atoms with Crippen LogP contribution in [0.1, 0.15) is 10.4 Å². The molecule has 0 aliphatic heterocycles. The lowest BCUT2D eigenvalue weighted by molar-refractivity contribution is 0.112. The Balaban J connectivity index is 2.93. The van der Waals surface area contributed by atoms with Gasteiger partial charge in [0.15, 0.2) is 6.29 Å². The highest BCUT2D eigenvalue weighted by atomic mass is 16.1. The summed E-state index contributed by atoms with van der Waals surface area (Å²) < 4.78 is 0. The van der Waals surface area contributed by atoms with Gasteiger partial charge in [-0.3, -0.25) is 9.80 Å². The van der Waals surface area contributed by atoms with Gasteiger partial charge >= 0.3 is 0 Å². The van der Waals surface area contributed by atoms with E-state index in [1.165, 1.54) is 0 Å². The number of carbonyl (C=O) groups is 1. The number of rotatable bonds is 3. The Morgan fingerprint density at radius 2 is 2.00 bits per heavy atom.